The minimum absolute atomic E-state index is 0.126. The first-order chi connectivity index (χ1) is 17.1. The molecule has 8 nitrogen and oxygen atoms in total. The molecule has 0 saturated carbocycles. The van der Waals surface area contributed by atoms with Crippen LogP contribution < -0.4 is 0 Å². The lowest BCUT2D eigenvalue weighted by atomic mass is 9.90. The molecule has 0 saturated heterocycles. The van der Waals surface area contributed by atoms with Gasteiger partial charge in [0.15, 0.2) is 0 Å². The topological polar surface area (TPSA) is 127 Å². The number of rotatable bonds is 4. The third-order valence-electron chi connectivity index (χ3n) is 5.94. The van der Waals surface area contributed by atoms with Crippen LogP contribution in [0.4, 0.5) is 0 Å². The van der Waals surface area contributed by atoms with Gasteiger partial charge in [-0.25, -0.2) is 19.2 Å². The number of fused-ring (bicyclic) bond motifs is 2. The minimum atomic E-state index is -1.22. The largest absolute Gasteiger partial charge is 0.478 e. The van der Waals surface area contributed by atoms with Gasteiger partial charge in [0.05, 0.1) is 36.5 Å². The van der Waals surface area contributed by atoms with Crippen LogP contribution in [0.25, 0.3) is 21.5 Å². The molecule has 4 aromatic rings. The highest BCUT2D eigenvalue weighted by atomic mass is 16.5. The second-order valence-electron chi connectivity index (χ2n) is 7.85. The highest BCUT2D eigenvalue weighted by Gasteiger charge is 2.24. The SMILES string of the molecule is COC(=O)c1ccc2ccccc2c1C(=O)OC.Cc1c(C(=O)O)c(C(=O)O)c2ccccc2c1C. The molecule has 0 radical (unpaired) electrons. The molecule has 8 heteroatoms. The number of hydrogen-bond acceptors (Lipinski definition) is 6. The molecule has 184 valence electrons. The summed E-state index contributed by atoms with van der Waals surface area (Å²) in [6.07, 6.45) is 0. The number of aromatic carboxylic acids is 2. The smallest absolute Gasteiger partial charge is 0.339 e. The quantitative estimate of drug-likeness (QED) is 0.372. The van der Waals surface area contributed by atoms with E-state index in [0.717, 1.165) is 16.3 Å². The third-order valence-corrected chi connectivity index (χ3v) is 5.94. The number of methoxy groups -OCH3 is 2. The van der Waals surface area contributed by atoms with Crippen molar-refractivity contribution >= 4 is 45.4 Å². The molecule has 0 aliphatic heterocycles. The minimum Gasteiger partial charge on any atom is -0.478 e. The summed E-state index contributed by atoms with van der Waals surface area (Å²) in [5, 5.41) is 21.3. The molecule has 0 spiro atoms. The van der Waals surface area contributed by atoms with E-state index in [0.29, 0.717) is 16.3 Å². The highest BCUT2D eigenvalue weighted by Crippen LogP contribution is 2.30. The second-order valence-corrected chi connectivity index (χ2v) is 7.85. The van der Waals surface area contributed by atoms with Gasteiger partial charge in [0, 0.05) is 0 Å². The predicted molar refractivity (Wildman–Crippen MR) is 134 cm³/mol. The molecule has 0 unspecified atom stereocenters. The van der Waals surface area contributed by atoms with E-state index in [2.05, 4.69) is 4.74 Å². The monoisotopic (exact) mass is 488 g/mol. The number of hydrogen-bond donors (Lipinski definition) is 2. The molecule has 36 heavy (non-hydrogen) atoms. The average Bonchev–Trinajstić information content (AvgIpc) is 2.88. The number of aryl methyl sites for hydroxylation is 1. The second kappa shape index (κ2) is 10.7. The number of esters is 2. The number of carbonyl (C=O) groups is 4. The van der Waals surface area contributed by atoms with E-state index < -0.39 is 23.9 Å². The van der Waals surface area contributed by atoms with Crippen molar-refractivity contribution in [2.24, 2.45) is 0 Å². The van der Waals surface area contributed by atoms with Crippen LogP contribution in [-0.2, 0) is 9.47 Å². The standard InChI is InChI=1S/2C14H12O4/c1-17-13(15)11-8-7-9-5-3-4-6-10(9)12(11)14(16)18-2;1-7-8(2)11(13(15)16)12(14(17)18)10-6-4-3-5-9(7)10/h3-8H,1-2H3;3-6H,1-2H3,(H,15,16)(H,17,18). The lowest BCUT2D eigenvalue weighted by molar-refractivity contribution is 0.0557. The summed E-state index contributed by atoms with van der Waals surface area (Å²) in [7, 11) is 2.56. The van der Waals surface area contributed by atoms with Gasteiger partial charge in [0.25, 0.3) is 0 Å². The third kappa shape index (κ3) is 4.74. The van der Waals surface area contributed by atoms with Crippen molar-refractivity contribution < 1.29 is 38.9 Å². The number of carboxylic acids is 2. The van der Waals surface area contributed by atoms with Gasteiger partial charge < -0.3 is 19.7 Å². The van der Waals surface area contributed by atoms with E-state index in [1.54, 1.807) is 62.4 Å². The van der Waals surface area contributed by atoms with Crippen molar-refractivity contribution in [2.45, 2.75) is 13.8 Å². The van der Waals surface area contributed by atoms with E-state index in [1.165, 1.54) is 14.2 Å². The van der Waals surface area contributed by atoms with Gasteiger partial charge in [-0.2, -0.15) is 0 Å². The molecule has 4 rings (SSSR count). The summed E-state index contributed by atoms with van der Waals surface area (Å²) in [6, 6.07) is 17.6. The van der Waals surface area contributed by atoms with Crippen molar-refractivity contribution in [3.63, 3.8) is 0 Å². The summed E-state index contributed by atoms with van der Waals surface area (Å²) >= 11 is 0. The first-order valence-electron chi connectivity index (χ1n) is 10.8. The maximum atomic E-state index is 11.8. The summed E-state index contributed by atoms with van der Waals surface area (Å²) < 4.78 is 9.41. The first-order valence-corrected chi connectivity index (χ1v) is 10.8. The Balaban J connectivity index is 0.000000201. The van der Waals surface area contributed by atoms with Crippen LogP contribution >= 0.6 is 0 Å². The molecule has 0 bridgehead atoms. The first kappa shape index (κ1) is 25.9. The Morgan fingerprint density at radius 2 is 1.11 bits per heavy atom. The summed E-state index contributed by atoms with van der Waals surface area (Å²) in [5.74, 6) is -3.53. The van der Waals surface area contributed by atoms with E-state index in [1.807, 2.05) is 12.1 Å². The molecule has 0 heterocycles. The molecule has 0 amide bonds. The molecular formula is C28H24O8. The Kier molecular flexibility index (Phi) is 7.69. The van der Waals surface area contributed by atoms with Gasteiger partial charge in [-0.15, -0.1) is 0 Å². The number of carbonyl (C=O) groups excluding carboxylic acids is 2. The van der Waals surface area contributed by atoms with Crippen LogP contribution in [0.1, 0.15) is 52.6 Å². The van der Waals surface area contributed by atoms with E-state index >= 15 is 0 Å². The average molecular weight is 488 g/mol. The molecule has 0 aromatic heterocycles. The summed E-state index contributed by atoms with van der Waals surface area (Å²) in [4.78, 5) is 46.1. The Morgan fingerprint density at radius 3 is 1.67 bits per heavy atom. The van der Waals surface area contributed by atoms with Crippen molar-refractivity contribution in [1.82, 2.24) is 0 Å². The van der Waals surface area contributed by atoms with E-state index in [4.69, 9.17) is 4.74 Å². The van der Waals surface area contributed by atoms with Gasteiger partial charge >= 0.3 is 23.9 Å². The fourth-order valence-corrected chi connectivity index (χ4v) is 4.10. The van der Waals surface area contributed by atoms with Crippen molar-refractivity contribution in [2.75, 3.05) is 14.2 Å². The van der Waals surface area contributed by atoms with Crippen LogP contribution in [0.2, 0.25) is 0 Å². The predicted octanol–water partition coefficient (Wildman–Crippen LogP) is 5.27. The molecule has 0 aliphatic carbocycles. The molecular weight excluding hydrogens is 464 g/mol. The van der Waals surface area contributed by atoms with E-state index in [-0.39, 0.29) is 22.3 Å². The fourth-order valence-electron chi connectivity index (χ4n) is 4.10. The highest BCUT2D eigenvalue weighted by molar-refractivity contribution is 6.14. The zero-order valence-electron chi connectivity index (χ0n) is 20.1. The Hall–Kier alpha value is -4.72. The van der Waals surface area contributed by atoms with Crippen molar-refractivity contribution in [1.29, 1.82) is 0 Å². The maximum absolute atomic E-state index is 11.8. The van der Waals surface area contributed by atoms with E-state index in [9.17, 15) is 29.4 Å². The van der Waals surface area contributed by atoms with Crippen LogP contribution in [0.5, 0.6) is 0 Å². The maximum Gasteiger partial charge on any atom is 0.339 e. The zero-order valence-corrected chi connectivity index (χ0v) is 20.1. The molecule has 0 aliphatic rings. The fraction of sp³-hybridized carbons (Fsp3) is 0.143. The molecule has 0 atom stereocenters. The Bertz CT molecular complexity index is 1520. The van der Waals surface area contributed by atoms with Gasteiger partial charge in [0.1, 0.15) is 0 Å². The Labute approximate surface area is 206 Å². The lowest BCUT2D eigenvalue weighted by Crippen LogP contribution is -2.12. The summed E-state index contributed by atoms with van der Waals surface area (Å²) in [6.45, 7) is 3.44. The van der Waals surface area contributed by atoms with Crippen LogP contribution in [0, 0.1) is 13.8 Å². The van der Waals surface area contributed by atoms with Gasteiger partial charge in [0.2, 0.25) is 0 Å². The van der Waals surface area contributed by atoms with Crippen LogP contribution in [0.15, 0.2) is 60.7 Å². The molecule has 4 aromatic carbocycles. The van der Waals surface area contributed by atoms with Gasteiger partial charge in [-0.1, -0.05) is 54.6 Å². The van der Waals surface area contributed by atoms with Gasteiger partial charge in [-0.3, -0.25) is 0 Å². The zero-order chi connectivity index (χ0) is 26.6. The number of benzene rings is 4. The van der Waals surface area contributed by atoms with Gasteiger partial charge in [-0.05, 0) is 52.6 Å². The molecule has 2 N–H and O–H groups in total. The molecule has 0 fully saturated rings. The normalized spacial score (nSPS) is 10.3. The number of ether oxygens (including phenoxy) is 2. The van der Waals surface area contributed by atoms with Crippen molar-refractivity contribution in [3.05, 3.63) is 94.0 Å². The Morgan fingerprint density at radius 1 is 0.583 bits per heavy atom. The van der Waals surface area contributed by atoms with Crippen LogP contribution in [-0.4, -0.2) is 48.3 Å². The number of carboxylic acid groups (broad SMARTS) is 2. The summed E-state index contributed by atoms with van der Waals surface area (Å²) in [5.41, 5.74) is 1.48. The lowest BCUT2D eigenvalue weighted by Gasteiger charge is -2.13. The van der Waals surface area contributed by atoms with Crippen molar-refractivity contribution in [3.8, 4) is 0 Å². The van der Waals surface area contributed by atoms with Crippen LogP contribution in [0.3, 0.4) is 0 Å².